The third kappa shape index (κ3) is 6.09. The molecule has 0 aromatic heterocycles. The minimum absolute atomic E-state index is 0. The molecule has 0 aromatic rings. The molecule has 2 nitrogen and oxygen atoms in total. The first kappa shape index (κ1) is 10.2. The van der Waals surface area contributed by atoms with Gasteiger partial charge in [-0.1, -0.05) is 6.58 Å². The molecule has 0 radical (unpaired) electrons. The van der Waals surface area contributed by atoms with Crippen molar-refractivity contribution in [3.8, 4) is 0 Å². The molecule has 7 heavy (non-hydrogen) atoms. The second kappa shape index (κ2) is 6.09. The molecular formula is C4H9BiO2. The number of carbonyl (C=O) groups is 1. The van der Waals surface area contributed by atoms with Gasteiger partial charge in [-0.05, 0) is 0 Å². The van der Waals surface area contributed by atoms with Crippen LogP contribution in [-0.2, 0) is 9.53 Å². The molecule has 42 valence electrons. The fourth-order valence-electron chi connectivity index (χ4n) is 0.0833. The van der Waals surface area contributed by atoms with Gasteiger partial charge in [0.2, 0.25) is 0 Å². The minimum atomic E-state index is -0.394. The van der Waals surface area contributed by atoms with Gasteiger partial charge in [-0.25, -0.2) is 4.79 Å². The van der Waals surface area contributed by atoms with Gasteiger partial charge in [-0.15, -0.1) is 0 Å². The summed E-state index contributed by atoms with van der Waals surface area (Å²) in [6, 6.07) is 0. The van der Waals surface area contributed by atoms with E-state index in [9.17, 15) is 4.79 Å². The van der Waals surface area contributed by atoms with Crippen LogP contribution in [0.4, 0.5) is 0 Å². The van der Waals surface area contributed by atoms with Crippen molar-refractivity contribution in [3.05, 3.63) is 12.7 Å². The van der Waals surface area contributed by atoms with Crippen LogP contribution in [0.25, 0.3) is 0 Å². The zero-order valence-corrected chi connectivity index (χ0v) is 9.81. The Balaban J connectivity index is 0. The predicted molar refractivity (Wildman–Crippen MR) is 32.2 cm³/mol. The van der Waals surface area contributed by atoms with Gasteiger partial charge in [0.1, 0.15) is 0 Å². The number of hydrogen-bond donors (Lipinski definition) is 0. The maximum atomic E-state index is 9.84. The molecule has 0 aliphatic carbocycles. The van der Waals surface area contributed by atoms with E-state index in [1.807, 2.05) is 0 Å². The first-order valence-corrected chi connectivity index (χ1v) is 1.51. The number of esters is 1. The van der Waals surface area contributed by atoms with Crippen LogP contribution in [0.5, 0.6) is 0 Å². The Kier molecular flexibility index (Phi) is 8.84. The summed E-state index contributed by atoms with van der Waals surface area (Å²) < 4.78 is 4.14. The summed E-state index contributed by atoms with van der Waals surface area (Å²) in [7, 11) is 1.31. The molecule has 0 aromatic carbocycles. The summed E-state index contributed by atoms with van der Waals surface area (Å²) in [4.78, 5) is 9.84. The van der Waals surface area contributed by atoms with E-state index in [1.165, 1.54) is 7.11 Å². The topological polar surface area (TPSA) is 26.3 Å². The van der Waals surface area contributed by atoms with E-state index in [-0.39, 0.29) is 26.2 Å². The zero-order chi connectivity index (χ0) is 4.99. The third-order valence-electron chi connectivity index (χ3n) is 0.368. The molecule has 0 saturated heterocycles. The molecule has 0 atom stereocenters. The summed E-state index contributed by atoms with van der Waals surface area (Å²) >= 11 is 0. The van der Waals surface area contributed by atoms with Crippen molar-refractivity contribution in [1.29, 1.82) is 0 Å². The van der Waals surface area contributed by atoms with E-state index in [4.69, 9.17) is 0 Å². The molecule has 0 unspecified atom stereocenters. The maximum absolute atomic E-state index is 9.84. The second-order valence-corrected chi connectivity index (χ2v) is 0.727. The summed E-state index contributed by atoms with van der Waals surface area (Å²) in [5.41, 5.74) is 0. The van der Waals surface area contributed by atoms with Gasteiger partial charge in [0.05, 0.1) is 7.11 Å². The molecule has 0 N–H and O–H groups in total. The predicted octanol–water partition coefficient (Wildman–Crippen LogP) is -0.839. The molecule has 0 rings (SSSR count). The quantitative estimate of drug-likeness (QED) is 0.358. The zero-order valence-electron chi connectivity index (χ0n) is 4.31. The van der Waals surface area contributed by atoms with Crippen LogP contribution in [-0.4, -0.2) is 39.3 Å². The Bertz CT molecular complexity index is 70.1. The normalized spacial score (nSPS) is 5.86. The van der Waals surface area contributed by atoms with Crippen molar-refractivity contribution in [2.24, 2.45) is 0 Å². The van der Waals surface area contributed by atoms with E-state index >= 15 is 0 Å². The van der Waals surface area contributed by atoms with Crippen molar-refractivity contribution in [2.45, 2.75) is 0 Å². The fourth-order valence-corrected chi connectivity index (χ4v) is 0.0833. The molecule has 0 heterocycles. The average molecular weight is 298 g/mol. The van der Waals surface area contributed by atoms with E-state index < -0.39 is 5.97 Å². The van der Waals surface area contributed by atoms with Gasteiger partial charge >= 0.3 is 32.2 Å². The Labute approximate surface area is 61.7 Å². The van der Waals surface area contributed by atoms with Crippen LogP contribution in [0.3, 0.4) is 0 Å². The number of ether oxygens (including phenoxy) is 1. The average Bonchev–Trinajstić information content (AvgIpc) is 1.65. The Morgan fingerprint density at radius 2 is 2.29 bits per heavy atom. The summed E-state index contributed by atoms with van der Waals surface area (Å²) in [6.45, 7) is 3.16. The molecule has 0 aliphatic rings. The van der Waals surface area contributed by atoms with Crippen LogP contribution in [0.15, 0.2) is 12.7 Å². The van der Waals surface area contributed by atoms with Gasteiger partial charge < -0.3 is 4.74 Å². The molecule has 0 saturated carbocycles. The number of carbonyl (C=O) groups excluding carboxylic acids is 1. The van der Waals surface area contributed by atoms with Crippen LogP contribution in [0, 0.1) is 0 Å². The number of rotatable bonds is 1. The van der Waals surface area contributed by atoms with Crippen LogP contribution >= 0.6 is 0 Å². The van der Waals surface area contributed by atoms with Crippen molar-refractivity contribution in [2.75, 3.05) is 7.11 Å². The molecule has 0 amide bonds. The SMILES string of the molecule is C=CC(=O)OC.[BiH3]. The standard InChI is InChI=1S/C4H6O2.Bi.3H/c1-3-4(5)6-2;;;;/h3H,1H2,2H3;;;;. The van der Waals surface area contributed by atoms with Gasteiger partial charge in [-0.3, -0.25) is 0 Å². The monoisotopic (exact) mass is 298 g/mol. The summed E-state index contributed by atoms with van der Waals surface area (Å²) in [5.74, 6) is -0.394. The van der Waals surface area contributed by atoms with Crippen LogP contribution in [0.1, 0.15) is 0 Å². The molecule has 0 aliphatic heterocycles. The third-order valence-corrected chi connectivity index (χ3v) is 0.368. The van der Waals surface area contributed by atoms with E-state index in [0.29, 0.717) is 0 Å². The van der Waals surface area contributed by atoms with Crippen molar-refractivity contribution in [3.63, 3.8) is 0 Å². The number of methoxy groups -OCH3 is 1. The fraction of sp³-hybridized carbons (Fsp3) is 0.250. The summed E-state index contributed by atoms with van der Waals surface area (Å²) in [5, 5.41) is 0. The van der Waals surface area contributed by atoms with E-state index in [1.54, 1.807) is 0 Å². The van der Waals surface area contributed by atoms with Crippen LogP contribution in [0.2, 0.25) is 0 Å². The Hall–Kier alpha value is 0.0931. The van der Waals surface area contributed by atoms with Gasteiger partial charge in [0.15, 0.2) is 0 Å². The van der Waals surface area contributed by atoms with Crippen molar-refractivity contribution < 1.29 is 9.53 Å². The molecular weight excluding hydrogens is 289 g/mol. The van der Waals surface area contributed by atoms with Crippen LogP contribution < -0.4 is 0 Å². The first-order chi connectivity index (χ1) is 2.81. The Morgan fingerprint density at radius 1 is 1.86 bits per heavy atom. The first-order valence-electron chi connectivity index (χ1n) is 1.51. The summed E-state index contributed by atoms with van der Waals surface area (Å²) in [6.07, 6.45) is 1.11. The molecule has 3 heteroatoms. The van der Waals surface area contributed by atoms with E-state index in [0.717, 1.165) is 6.08 Å². The molecule has 0 bridgehead atoms. The van der Waals surface area contributed by atoms with Crippen molar-refractivity contribution in [1.82, 2.24) is 0 Å². The Morgan fingerprint density at radius 3 is 2.29 bits per heavy atom. The van der Waals surface area contributed by atoms with Crippen molar-refractivity contribution >= 4 is 32.2 Å². The van der Waals surface area contributed by atoms with Gasteiger partial charge in [0, 0.05) is 6.08 Å². The number of hydrogen-bond acceptors (Lipinski definition) is 2. The van der Waals surface area contributed by atoms with Gasteiger partial charge in [-0.2, -0.15) is 0 Å². The van der Waals surface area contributed by atoms with Gasteiger partial charge in [0.25, 0.3) is 0 Å². The second-order valence-electron chi connectivity index (χ2n) is 0.727. The molecule has 0 fully saturated rings. The van der Waals surface area contributed by atoms with E-state index in [2.05, 4.69) is 11.3 Å². The molecule has 0 spiro atoms.